The minimum atomic E-state index is -0.222. The summed E-state index contributed by atoms with van der Waals surface area (Å²) in [5.74, 6) is 0.567. The van der Waals surface area contributed by atoms with Crippen LogP contribution in [-0.4, -0.2) is 12.5 Å². The summed E-state index contributed by atoms with van der Waals surface area (Å²) in [6.07, 6.45) is 0. The van der Waals surface area contributed by atoms with E-state index in [2.05, 4.69) is 42.0 Å². The number of hydrogen-bond acceptors (Lipinski definition) is 2. The average Bonchev–Trinajstić information content (AvgIpc) is 2.71. The molecule has 0 aliphatic carbocycles. The molecule has 0 aliphatic rings. The van der Waals surface area contributed by atoms with E-state index in [1.807, 2.05) is 78.9 Å². The van der Waals surface area contributed by atoms with E-state index in [0.717, 1.165) is 26.9 Å². The van der Waals surface area contributed by atoms with Crippen LogP contribution in [0.1, 0.15) is 43.5 Å². The monoisotopic (exact) mass is 451 g/mol. The third-order valence-electron chi connectivity index (χ3n) is 4.68. The fraction of sp³-hybridized carbons (Fsp3) is 0.240. The second-order valence-electron chi connectivity index (χ2n) is 8.00. The summed E-state index contributed by atoms with van der Waals surface area (Å²) in [6.45, 7) is 6.34. The molecular formula is C25H26BrNO2. The van der Waals surface area contributed by atoms with Crippen molar-refractivity contribution in [3.8, 4) is 5.75 Å². The first kappa shape index (κ1) is 21.1. The van der Waals surface area contributed by atoms with Crippen molar-refractivity contribution in [1.29, 1.82) is 0 Å². The van der Waals surface area contributed by atoms with Gasteiger partial charge in [-0.2, -0.15) is 0 Å². The van der Waals surface area contributed by atoms with Crippen molar-refractivity contribution in [3.05, 3.63) is 100 Å². The maximum Gasteiger partial charge on any atom is 0.258 e. The Morgan fingerprint density at radius 3 is 2.00 bits per heavy atom. The molecule has 1 N–H and O–H groups in total. The second kappa shape index (κ2) is 9.27. The quantitative estimate of drug-likeness (QED) is 0.496. The van der Waals surface area contributed by atoms with Crippen LogP contribution in [0.25, 0.3) is 0 Å². The van der Waals surface area contributed by atoms with Crippen molar-refractivity contribution in [2.24, 2.45) is 0 Å². The summed E-state index contributed by atoms with van der Waals surface area (Å²) in [6, 6.07) is 25.6. The van der Waals surface area contributed by atoms with E-state index >= 15 is 0 Å². The van der Waals surface area contributed by atoms with Gasteiger partial charge in [0.2, 0.25) is 0 Å². The number of hydrogen-bond donors (Lipinski definition) is 1. The van der Waals surface area contributed by atoms with E-state index in [-0.39, 0.29) is 24.0 Å². The molecule has 0 radical (unpaired) electrons. The third kappa shape index (κ3) is 5.70. The van der Waals surface area contributed by atoms with Gasteiger partial charge in [-0.3, -0.25) is 4.79 Å². The molecule has 1 amide bonds. The molecule has 4 heteroatoms. The highest BCUT2D eigenvalue weighted by Gasteiger charge is 2.21. The number of ether oxygens (including phenoxy) is 1. The number of amides is 1. The van der Waals surface area contributed by atoms with Crippen LogP contribution >= 0.6 is 15.9 Å². The number of carbonyl (C=O) groups is 1. The first-order chi connectivity index (χ1) is 13.8. The highest BCUT2D eigenvalue weighted by Crippen LogP contribution is 2.33. The molecule has 0 aromatic heterocycles. The predicted octanol–water partition coefficient (Wildman–Crippen LogP) is 6.03. The van der Waals surface area contributed by atoms with Crippen molar-refractivity contribution in [3.63, 3.8) is 0 Å². The van der Waals surface area contributed by atoms with Crippen LogP contribution in [0, 0.1) is 0 Å². The third-order valence-corrected chi connectivity index (χ3v) is 5.17. The van der Waals surface area contributed by atoms with E-state index in [1.165, 1.54) is 0 Å². The molecule has 3 rings (SSSR count). The summed E-state index contributed by atoms with van der Waals surface area (Å²) in [7, 11) is 0. The summed E-state index contributed by atoms with van der Waals surface area (Å²) in [5.41, 5.74) is 3.03. The van der Waals surface area contributed by atoms with Gasteiger partial charge in [-0.1, -0.05) is 97.4 Å². The number of halogens is 1. The van der Waals surface area contributed by atoms with Crippen LogP contribution in [0.5, 0.6) is 5.75 Å². The average molecular weight is 452 g/mol. The van der Waals surface area contributed by atoms with E-state index in [0.29, 0.717) is 0 Å². The zero-order chi connectivity index (χ0) is 20.9. The van der Waals surface area contributed by atoms with Crippen LogP contribution in [0.2, 0.25) is 0 Å². The molecule has 3 aromatic rings. The Hall–Kier alpha value is -2.59. The minimum Gasteiger partial charge on any atom is -0.483 e. The molecule has 0 aliphatic heterocycles. The number of nitrogens with one attached hydrogen (secondary N) is 1. The number of benzene rings is 3. The van der Waals surface area contributed by atoms with Crippen molar-refractivity contribution in [1.82, 2.24) is 5.32 Å². The Balaban J connectivity index is 1.75. The Morgan fingerprint density at radius 2 is 1.48 bits per heavy atom. The zero-order valence-corrected chi connectivity index (χ0v) is 18.6. The molecule has 3 aromatic carbocycles. The number of carbonyl (C=O) groups excluding carboxylic acids is 1. The van der Waals surface area contributed by atoms with Crippen LogP contribution in [0.4, 0.5) is 0 Å². The fourth-order valence-electron chi connectivity index (χ4n) is 3.21. The highest BCUT2D eigenvalue weighted by atomic mass is 79.9. The van der Waals surface area contributed by atoms with Gasteiger partial charge in [0, 0.05) is 10.0 Å². The molecule has 29 heavy (non-hydrogen) atoms. The molecule has 3 nitrogen and oxygen atoms in total. The van der Waals surface area contributed by atoms with Gasteiger partial charge in [-0.25, -0.2) is 0 Å². The topological polar surface area (TPSA) is 38.3 Å². The lowest BCUT2D eigenvalue weighted by molar-refractivity contribution is -0.123. The predicted molar refractivity (Wildman–Crippen MR) is 121 cm³/mol. The van der Waals surface area contributed by atoms with Gasteiger partial charge < -0.3 is 10.1 Å². The zero-order valence-electron chi connectivity index (χ0n) is 17.0. The highest BCUT2D eigenvalue weighted by molar-refractivity contribution is 9.10. The van der Waals surface area contributed by atoms with Crippen LogP contribution in [0.15, 0.2) is 83.3 Å². The van der Waals surface area contributed by atoms with Crippen molar-refractivity contribution >= 4 is 21.8 Å². The van der Waals surface area contributed by atoms with Gasteiger partial charge in [0.25, 0.3) is 5.91 Å². The fourth-order valence-corrected chi connectivity index (χ4v) is 3.57. The van der Waals surface area contributed by atoms with Crippen molar-refractivity contribution in [2.75, 3.05) is 6.61 Å². The molecule has 0 saturated carbocycles. The molecule has 0 atom stereocenters. The Kier molecular flexibility index (Phi) is 6.75. The van der Waals surface area contributed by atoms with Crippen molar-refractivity contribution in [2.45, 2.75) is 32.2 Å². The first-order valence-electron chi connectivity index (χ1n) is 9.66. The molecule has 150 valence electrons. The van der Waals surface area contributed by atoms with Gasteiger partial charge in [-0.15, -0.1) is 0 Å². The van der Waals surface area contributed by atoms with E-state index in [9.17, 15) is 4.79 Å². The summed E-state index contributed by atoms with van der Waals surface area (Å²) in [4.78, 5) is 12.8. The maximum absolute atomic E-state index is 12.8. The largest absolute Gasteiger partial charge is 0.483 e. The van der Waals surface area contributed by atoms with Gasteiger partial charge in [0.1, 0.15) is 5.75 Å². The van der Waals surface area contributed by atoms with Crippen LogP contribution in [-0.2, 0) is 10.2 Å². The molecule has 0 spiro atoms. The minimum absolute atomic E-state index is 0.0408. The first-order valence-corrected chi connectivity index (χ1v) is 10.5. The second-order valence-corrected chi connectivity index (χ2v) is 8.92. The lowest BCUT2D eigenvalue weighted by atomic mass is 9.86. The Bertz CT molecular complexity index is 910. The van der Waals surface area contributed by atoms with Gasteiger partial charge in [0.05, 0.1) is 6.04 Å². The molecule has 0 bridgehead atoms. The maximum atomic E-state index is 12.8. The standard InChI is InChI=1S/C25H26BrNO2/c1-25(2,3)21-16-20(26)14-15-22(21)29-17-23(28)27-24(18-10-6-4-7-11-18)19-12-8-5-9-13-19/h4-16,24H,17H2,1-3H3,(H,27,28). The molecule has 0 saturated heterocycles. The van der Waals surface area contributed by atoms with Gasteiger partial charge in [-0.05, 0) is 34.7 Å². The van der Waals surface area contributed by atoms with E-state index < -0.39 is 0 Å². The number of rotatable bonds is 6. The smallest absolute Gasteiger partial charge is 0.258 e. The van der Waals surface area contributed by atoms with E-state index in [1.54, 1.807) is 0 Å². The summed E-state index contributed by atoms with van der Waals surface area (Å²) < 4.78 is 6.91. The van der Waals surface area contributed by atoms with E-state index in [4.69, 9.17) is 4.74 Å². The van der Waals surface area contributed by atoms with Crippen LogP contribution in [0.3, 0.4) is 0 Å². The summed E-state index contributed by atoms with van der Waals surface area (Å²) in [5, 5.41) is 3.12. The molecular weight excluding hydrogens is 426 g/mol. The molecule has 0 unspecified atom stereocenters. The summed E-state index contributed by atoms with van der Waals surface area (Å²) >= 11 is 3.52. The van der Waals surface area contributed by atoms with Crippen molar-refractivity contribution < 1.29 is 9.53 Å². The SMILES string of the molecule is CC(C)(C)c1cc(Br)ccc1OCC(=O)NC(c1ccccc1)c1ccccc1. The lowest BCUT2D eigenvalue weighted by Gasteiger charge is -2.24. The van der Waals surface area contributed by atoms with Gasteiger partial charge >= 0.3 is 0 Å². The normalized spacial score (nSPS) is 11.3. The Labute approximate surface area is 181 Å². The van der Waals surface area contributed by atoms with Crippen LogP contribution < -0.4 is 10.1 Å². The van der Waals surface area contributed by atoms with Gasteiger partial charge in [0.15, 0.2) is 6.61 Å². The molecule has 0 fully saturated rings. The Morgan fingerprint density at radius 1 is 0.931 bits per heavy atom. The lowest BCUT2D eigenvalue weighted by Crippen LogP contribution is -2.33. The molecule has 0 heterocycles.